The molecule has 0 aromatic heterocycles. The van der Waals surface area contributed by atoms with Crippen LogP contribution in [0.1, 0.15) is 59.3 Å². The maximum atomic E-state index is 11.7. The first-order chi connectivity index (χ1) is 10.3. The Bertz CT molecular complexity index is 585. The largest absolute Gasteiger partial charge is 0.390 e. The van der Waals surface area contributed by atoms with Gasteiger partial charge in [0.2, 0.25) is 0 Å². The molecule has 0 bridgehead atoms. The molecule has 0 amide bonds. The summed E-state index contributed by atoms with van der Waals surface area (Å²) in [5.74, 6) is 2.15. The molecule has 1 unspecified atom stereocenters. The number of ketones is 1. The molecule has 0 aromatic rings. The van der Waals surface area contributed by atoms with Gasteiger partial charge >= 0.3 is 0 Å². The first kappa shape index (κ1) is 14.7. The number of carbonyl (C=O) groups excluding carboxylic acids is 1. The summed E-state index contributed by atoms with van der Waals surface area (Å²) in [7, 11) is 0. The van der Waals surface area contributed by atoms with Crippen molar-refractivity contribution in [3.05, 3.63) is 23.8 Å². The quantitative estimate of drug-likeness (QED) is 0.733. The number of allylic oxidation sites excluding steroid dienone is 4. The van der Waals surface area contributed by atoms with Gasteiger partial charge in [-0.3, -0.25) is 4.79 Å². The van der Waals surface area contributed by atoms with Gasteiger partial charge in [-0.25, -0.2) is 0 Å². The van der Waals surface area contributed by atoms with Gasteiger partial charge in [-0.2, -0.15) is 0 Å². The number of fused-ring (bicyclic) bond motifs is 5. The van der Waals surface area contributed by atoms with Gasteiger partial charge in [-0.15, -0.1) is 0 Å². The molecule has 2 nitrogen and oxygen atoms in total. The van der Waals surface area contributed by atoms with Crippen molar-refractivity contribution in [1.82, 2.24) is 0 Å². The molecule has 120 valence electrons. The van der Waals surface area contributed by atoms with E-state index in [9.17, 15) is 9.90 Å². The summed E-state index contributed by atoms with van der Waals surface area (Å²) < 4.78 is 0. The summed E-state index contributed by atoms with van der Waals surface area (Å²) in [5.41, 5.74) is 1.01. The van der Waals surface area contributed by atoms with Crippen LogP contribution < -0.4 is 0 Å². The fourth-order valence-electron chi connectivity index (χ4n) is 6.44. The number of carbonyl (C=O) groups is 1. The van der Waals surface area contributed by atoms with Gasteiger partial charge in [-0.05, 0) is 80.8 Å². The summed E-state index contributed by atoms with van der Waals surface area (Å²) in [5, 5.41) is 10.9. The van der Waals surface area contributed by atoms with Crippen LogP contribution in [-0.2, 0) is 4.79 Å². The molecule has 0 spiro atoms. The van der Waals surface area contributed by atoms with Crippen molar-refractivity contribution in [3.63, 3.8) is 0 Å². The minimum Gasteiger partial charge on any atom is -0.390 e. The monoisotopic (exact) mass is 300 g/mol. The highest BCUT2D eigenvalue weighted by molar-refractivity contribution is 6.01. The topological polar surface area (TPSA) is 37.3 Å². The number of aliphatic hydroxyl groups is 1. The lowest BCUT2D eigenvalue weighted by Crippen LogP contribution is -2.53. The first-order valence-corrected chi connectivity index (χ1v) is 8.95. The fourth-order valence-corrected chi connectivity index (χ4v) is 6.44. The zero-order chi connectivity index (χ0) is 15.8. The average molecular weight is 300 g/mol. The van der Waals surface area contributed by atoms with E-state index < -0.39 is 5.60 Å². The van der Waals surface area contributed by atoms with Crippen molar-refractivity contribution in [2.24, 2.45) is 28.6 Å². The number of hydrogen-bond acceptors (Lipinski definition) is 2. The minimum absolute atomic E-state index is 0.0760. The van der Waals surface area contributed by atoms with E-state index in [4.69, 9.17) is 0 Å². The average Bonchev–Trinajstić information content (AvgIpc) is 2.70. The van der Waals surface area contributed by atoms with E-state index in [0.717, 1.165) is 19.3 Å². The number of rotatable bonds is 0. The molecule has 1 N–H and O–H groups in total. The second kappa shape index (κ2) is 4.35. The Morgan fingerprint density at radius 3 is 2.59 bits per heavy atom. The fraction of sp³-hybridized carbons (Fsp3) is 0.750. The van der Waals surface area contributed by atoms with Crippen molar-refractivity contribution >= 4 is 5.78 Å². The molecule has 22 heavy (non-hydrogen) atoms. The van der Waals surface area contributed by atoms with Gasteiger partial charge in [0.15, 0.2) is 5.78 Å². The van der Waals surface area contributed by atoms with Crippen LogP contribution in [0.4, 0.5) is 0 Å². The lowest BCUT2D eigenvalue weighted by Gasteiger charge is -2.57. The molecular formula is C20H28O2. The summed E-state index contributed by atoms with van der Waals surface area (Å²) in [6.45, 7) is 6.73. The van der Waals surface area contributed by atoms with Crippen molar-refractivity contribution in [2.45, 2.75) is 64.9 Å². The molecule has 4 aliphatic carbocycles. The Morgan fingerprint density at radius 1 is 1.09 bits per heavy atom. The Balaban J connectivity index is 1.71. The highest BCUT2D eigenvalue weighted by Crippen LogP contribution is 2.66. The summed E-state index contributed by atoms with van der Waals surface area (Å²) in [6.07, 6.45) is 12.5. The Hall–Kier alpha value is -0.890. The van der Waals surface area contributed by atoms with E-state index in [0.29, 0.717) is 17.8 Å². The van der Waals surface area contributed by atoms with Crippen LogP contribution in [0.5, 0.6) is 0 Å². The Morgan fingerprint density at radius 2 is 1.82 bits per heavy atom. The summed E-state index contributed by atoms with van der Waals surface area (Å²) >= 11 is 0. The third kappa shape index (κ3) is 1.68. The maximum Gasteiger partial charge on any atom is 0.178 e. The van der Waals surface area contributed by atoms with Crippen LogP contribution in [0, 0.1) is 28.6 Å². The smallest absolute Gasteiger partial charge is 0.178 e. The highest BCUT2D eigenvalue weighted by Gasteiger charge is 2.61. The van der Waals surface area contributed by atoms with Crippen molar-refractivity contribution in [3.8, 4) is 0 Å². The number of hydrogen-bond donors (Lipinski definition) is 1. The molecule has 0 aliphatic heterocycles. The van der Waals surface area contributed by atoms with Crippen LogP contribution in [0.2, 0.25) is 0 Å². The SMILES string of the molecule is CC1(O)CC[C@H]2[C@@H]3CCC4=CC(=O)C=C[C@]4(C)[C@H]3CC[C@@]21C. The highest BCUT2D eigenvalue weighted by atomic mass is 16.3. The van der Waals surface area contributed by atoms with E-state index in [1.54, 1.807) is 6.08 Å². The molecule has 4 aliphatic rings. The predicted molar refractivity (Wildman–Crippen MR) is 87.2 cm³/mol. The van der Waals surface area contributed by atoms with E-state index in [1.807, 2.05) is 6.08 Å². The standard InChI is InChI=1S/C20H28O2/c1-18-9-6-14(21)12-13(18)4-5-15-16(18)7-10-19(2)17(15)8-11-20(19,3)22/h6,9,12,15-17,22H,4-5,7-8,10-11H2,1-3H3/t15-,16+,17+,18+,19+,20?/m1/s1. The third-order valence-electron chi connectivity index (χ3n) is 8.12. The zero-order valence-electron chi connectivity index (χ0n) is 14.1. The second-order valence-corrected chi connectivity index (χ2v) is 8.87. The van der Waals surface area contributed by atoms with E-state index in [1.165, 1.54) is 24.8 Å². The summed E-state index contributed by atoms with van der Waals surface area (Å²) in [4.78, 5) is 11.7. The molecule has 4 rings (SSSR count). The zero-order valence-corrected chi connectivity index (χ0v) is 14.1. The van der Waals surface area contributed by atoms with Crippen LogP contribution in [0.25, 0.3) is 0 Å². The normalized spacial score (nSPS) is 53.5. The van der Waals surface area contributed by atoms with Crippen molar-refractivity contribution in [2.75, 3.05) is 0 Å². The summed E-state index contributed by atoms with van der Waals surface area (Å²) in [6, 6.07) is 0. The van der Waals surface area contributed by atoms with Crippen molar-refractivity contribution < 1.29 is 9.90 Å². The third-order valence-corrected chi connectivity index (χ3v) is 8.12. The van der Waals surface area contributed by atoms with Gasteiger partial charge in [0, 0.05) is 5.41 Å². The van der Waals surface area contributed by atoms with Crippen LogP contribution in [-0.4, -0.2) is 16.5 Å². The molecular weight excluding hydrogens is 272 g/mol. The first-order valence-electron chi connectivity index (χ1n) is 8.95. The van der Waals surface area contributed by atoms with Crippen LogP contribution in [0.3, 0.4) is 0 Å². The predicted octanol–water partition coefficient (Wildman–Crippen LogP) is 4.05. The van der Waals surface area contributed by atoms with Gasteiger partial charge in [0.1, 0.15) is 0 Å². The molecule has 0 heterocycles. The molecule has 3 fully saturated rings. The Kier molecular flexibility index (Phi) is 2.90. The van der Waals surface area contributed by atoms with Crippen LogP contribution in [0.15, 0.2) is 23.8 Å². The molecule has 2 heteroatoms. The lowest BCUT2D eigenvalue weighted by molar-refractivity contribution is -0.114. The molecule has 0 radical (unpaired) electrons. The molecule has 6 atom stereocenters. The van der Waals surface area contributed by atoms with E-state index >= 15 is 0 Å². The van der Waals surface area contributed by atoms with Gasteiger partial charge in [0.05, 0.1) is 5.60 Å². The molecule has 0 saturated heterocycles. The van der Waals surface area contributed by atoms with Gasteiger partial charge in [-0.1, -0.05) is 25.5 Å². The second-order valence-electron chi connectivity index (χ2n) is 8.87. The maximum absolute atomic E-state index is 11.7. The molecule has 3 saturated carbocycles. The van der Waals surface area contributed by atoms with E-state index in [-0.39, 0.29) is 16.6 Å². The van der Waals surface area contributed by atoms with Gasteiger partial charge < -0.3 is 5.11 Å². The lowest BCUT2D eigenvalue weighted by atomic mass is 9.47. The molecule has 0 aromatic carbocycles. The minimum atomic E-state index is -0.502. The van der Waals surface area contributed by atoms with Crippen LogP contribution >= 0.6 is 0 Å². The van der Waals surface area contributed by atoms with E-state index in [2.05, 4.69) is 26.8 Å². The van der Waals surface area contributed by atoms with Crippen molar-refractivity contribution in [1.29, 1.82) is 0 Å². The Labute approximate surface area is 133 Å². The van der Waals surface area contributed by atoms with Gasteiger partial charge in [0.25, 0.3) is 0 Å².